The van der Waals surface area contributed by atoms with E-state index in [1.807, 2.05) is 0 Å². The Morgan fingerprint density at radius 3 is 2.71 bits per heavy atom. The van der Waals surface area contributed by atoms with Crippen molar-refractivity contribution in [2.45, 2.75) is 6.92 Å². The van der Waals surface area contributed by atoms with E-state index in [0.29, 0.717) is 5.56 Å². The normalized spacial score (nSPS) is 9.00. The Labute approximate surface area is 98.2 Å². The first-order valence-electron chi connectivity index (χ1n) is 4.86. The molecule has 0 spiro atoms. The van der Waals surface area contributed by atoms with Crippen LogP contribution < -0.4 is 5.73 Å². The number of hydrogen-bond donors (Lipinski definition) is 2. The van der Waals surface area contributed by atoms with Gasteiger partial charge in [0.05, 0.1) is 12.2 Å². The molecule has 1 rings (SSSR count). The maximum atomic E-state index is 11.0. The fourth-order valence-corrected chi connectivity index (χ4v) is 1.10. The molecular weight excluding hydrogens is 222 g/mol. The fourth-order valence-electron chi connectivity index (χ4n) is 1.10. The van der Waals surface area contributed by atoms with Crippen LogP contribution in [-0.4, -0.2) is 23.7 Å². The molecule has 0 aliphatic heterocycles. The van der Waals surface area contributed by atoms with Crippen LogP contribution in [0.4, 0.5) is 5.69 Å². The van der Waals surface area contributed by atoms with E-state index < -0.39 is 11.9 Å². The minimum absolute atomic E-state index is 0.0733. The Morgan fingerprint density at radius 2 is 2.18 bits per heavy atom. The Bertz CT molecular complexity index is 511. The zero-order valence-corrected chi connectivity index (χ0v) is 9.19. The number of carbonyl (C=O) groups excluding carboxylic acids is 1. The Kier molecular flexibility index (Phi) is 4.12. The molecule has 0 radical (unpaired) electrons. The molecule has 5 nitrogen and oxygen atoms in total. The lowest BCUT2D eigenvalue weighted by Gasteiger charge is -1.99. The summed E-state index contributed by atoms with van der Waals surface area (Å²) < 4.78 is 4.62. The summed E-state index contributed by atoms with van der Waals surface area (Å²) in [6, 6.07) is 4.11. The zero-order chi connectivity index (χ0) is 12.8. The highest BCUT2D eigenvalue weighted by Crippen LogP contribution is 2.13. The van der Waals surface area contributed by atoms with Gasteiger partial charge in [-0.1, -0.05) is 5.92 Å². The van der Waals surface area contributed by atoms with Gasteiger partial charge in [-0.2, -0.15) is 0 Å². The third kappa shape index (κ3) is 3.54. The van der Waals surface area contributed by atoms with Crippen molar-refractivity contribution in [3.8, 4) is 11.8 Å². The van der Waals surface area contributed by atoms with Crippen LogP contribution >= 0.6 is 0 Å². The minimum Gasteiger partial charge on any atom is -0.478 e. The van der Waals surface area contributed by atoms with Gasteiger partial charge in [0.2, 0.25) is 0 Å². The maximum Gasteiger partial charge on any atom is 0.384 e. The number of aromatic carboxylic acids is 1. The number of rotatable bonds is 2. The molecule has 0 bridgehead atoms. The second-order valence-corrected chi connectivity index (χ2v) is 3.08. The van der Waals surface area contributed by atoms with Gasteiger partial charge >= 0.3 is 11.9 Å². The number of ether oxygens (including phenoxy) is 1. The van der Waals surface area contributed by atoms with Crippen molar-refractivity contribution in [2.24, 2.45) is 0 Å². The van der Waals surface area contributed by atoms with Gasteiger partial charge in [0.25, 0.3) is 0 Å². The van der Waals surface area contributed by atoms with Gasteiger partial charge in [-0.15, -0.1) is 0 Å². The number of anilines is 1. The van der Waals surface area contributed by atoms with Crippen LogP contribution in [0.5, 0.6) is 0 Å². The highest BCUT2D eigenvalue weighted by molar-refractivity contribution is 5.91. The van der Waals surface area contributed by atoms with Crippen LogP contribution in [0.3, 0.4) is 0 Å². The lowest BCUT2D eigenvalue weighted by Crippen LogP contribution is -2.01. The first-order chi connectivity index (χ1) is 8.04. The largest absolute Gasteiger partial charge is 0.478 e. The molecule has 5 heteroatoms. The molecule has 17 heavy (non-hydrogen) atoms. The molecule has 0 aliphatic rings. The minimum atomic E-state index is -1.07. The van der Waals surface area contributed by atoms with E-state index in [4.69, 9.17) is 10.8 Å². The first kappa shape index (κ1) is 12.6. The predicted octanol–water partition coefficient (Wildman–Crippen LogP) is 0.882. The van der Waals surface area contributed by atoms with Gasteiger partial charge in [0.1, 0.15) is 0 Å². The molecule has 0 unspecified atom stereocenters. The summed E-state index contributed by atoms with van der Waals surface area (Å²) in [6.07, 6.45) is 0. The van der Waals surface area contributed by atoms with E-state index >= 15 is 0 Å². The topological polar surface area (TPSA) is 89.6 Å². The SMILES string of the molecule is CCOC(=O)C#Cc1ccc(C(=O)O)cc1N. The lowest BCUT2D eigenvalue weighted by molar-refractivity contribution is -0.136. The van der Waals surface area contributed by atoms with Crippen LogP contribution in [0, 0.1) is 11.8 Å². The van der Waals surface area contributed by atoms with Crippen molar-refractivity contribution in [3.05, 3.63) is 29.3 Å². The molecule has 88 valence electrons. The Hall–Kier alpha value is -2.48. The molecule has 0 aromatic heterocycles. The van der Waals surface area contributed by atoms with Gasteiger partial charge in [0, 0.05) is 17.2 Å². The molecule has 0 fully saturated rings. The van der Waals surface area contributed by atoms with E-state index in [2.05, 4.69) is 16.6 Å². The number of carboxylic acid groups (broad SMARTS) is 1. The molecule has 0 heterocycles. The average molecular weight is 233 g/mol. The maximum absolute atomic E-state index is 11.0. The monoisotopic (exact) mass is 233 g/mol. The third-order valence-corrected chi connectivity index (χ3v) is 1.87. The molecule has 0 amide bonds. The quantitative estimate of drug-likeness (QED) is 0.449. The van der Waals surface area contributed by atoms with Gasteiger partial charge in [-0.25, -0.2) is 9.59 Å². The molecular formula is C12H11NO4. The van der Waals surface area contributed by atoms with Crippen molar-refractivity contribution >= 4 is 17.6 Å². The fraction of sp³-hybridized carbons (Fsp3) is 0.167. The average Bonchev–Trinajstić information content (AvgIpc) is 2.27. The summed E-state index contributed by atoms with van der Waals surface area (Å²) in [5.41, 5.74) is 6.28. The third-order valence-electron chi connectivity index (χ3n) is 1.87. The standard InChI is InChI=1S/C12H11NO4/c1-2-17-11(14)6-5-8-3-4-9(12(15)16)7-10(8)13/h3-4,7H,2,13H2,1H3,(H,15,16). The number of carboxylic acids is 1. The highest BCUT2D eigenvalue weighted by atomic mass is 16.5. The molecule has 0 saturated carbocycles. The second-order valence-electron chi connectivity index (χ2n) is 3.08. The van der Waals surface area contributed by atoms with Gasteiger partial charge in [-0.3, -0.25) is 0 Å². The number of benzene rings is 1. The van der Waals surface area contributed by atoms with Crippen LogP contribution in [0.15, 0.2) is 18.2 Å². The number of hydrogen-bond acceptors (Lipinski definition) is 4. The number of esters is 1. The van der Waals surface area contributed by atoms with Crippen molar-refractivity contribution in [1.82, 2.24) is 0 Å². The van der Waals surface area contributed by atoms with E-state index in [1.54, 1.807) is 6.92 Å². The van der Waals surface area contributed by atoms with E-state index in [-0.39, 0.29) is 17.9 Å². The zero-order valence-electron chi connectivity index (χ0n) is 9.19. The molecule has 1 aromatic rings. The van der Waals surface area contributed by atoms with Gasteiger partial charge in [0.15, 0.2) is 0 Å². The highest BCUT2D eigenvalue weighted by Gasteiger charge is 2.04. The second kappa shape index (κ2) is 5.56. The lowest BCUT2D eigenvalue weighted by atomic mass is 10.1. The summed E-state index contributed by atoms with van der Waals surface area (Å²) >= 11 is 0. The van der Waals surface area contributed by atoms with Gasteiger partial charge < -0.3 is 15.6 Å². The van der Waals surface area contributed by atoms with E-state index in [0.717, 1.165) is 0 Å². The van der Waals surface area contributed by atoms with Crippen molar-refractivity contribution in [2.75, 3.05) is 12.3 Å². The molecule has 3 N–H and O–H groups in total. The van der Waals surface area contributed by atoms with Crippen molar-refractivity contribution < 1.29 is 19.4 Å². The van der Waals surface area contributed by atoms with Crippen LogP contribution in [0.25, 0.3) is 0 Å². The number of nitrogen functional groups attached to an aromatic ring is 1. The summed E-state index contributed by atoms with van der Waals surface area (Å²) in [6.45, 7) is 1.93. The summed E-state index contributed by atoms with van der Waals surface area (Å²) in [5.74, 6) is 3.06. The van der Waals surface area contributed by atoms with Crippen molar-refractivity contribution in [3.63, 3.8) is 0 Å². The van der Waals surface area contributed by atoms with Gasteiger partial charge in [-0.05, 0) is 25.1 Å². The number of nitrogens with two attached hydrogens (primary N) is 1. The summed E-state index contributed by atoms with van der Waals surface area (Å²) in [7, 11) is 0. The molecule has 0 atom stereocenters. The summed E-state index contributed by atoms with van der Waals surface area (Å²) in [5, 5.41) is 8.72. The van der Waals surface area contributed by atoms with Crippen LogP contribution in [0.2, 0.25) is 0 Å². The first-order valence-corrected chi connectivity index (χ1v) is 4.86. The van der Waals surface area contributed by atoms with E-state index in [9.17, 15) is 9.59 Å². The van der Waals surface area contributed by atoms with E-state index in [1.165, 1.54) is 18.2 Å². The molecule has 0 aliphatic carbocycles. The number of carbonyl (C=O) groups is 2. The summed E-state index contributed by atoms with van der Waals surface area (Å²) in [4.78, 5) is 21.6. The Balaban J connectivity index is 2.93. The molecule has 1 aromatic carbocycles. The smallest absolute Gasteiger partial charge is 0.384 e. The van der Waals surface area contributed by atoms with Crippen LogP contribution in [-0.2, 0) is 9.53 Å². The molecule has 0 saturated heterocycles. The Morgan fingerprint density at radius 1 is 1.47 bits per heavy atom. The van der Waals surface area contributed by atoms with Crippen LogP contribution in [0.1, 0.15) is 22.8 Å². The van der Waals surface area contributed by atoms with Crippen molar-refractivity contribution in [1.29, 1.82) is 0 Å². The predicted molar refractivity (Wildman–Crippen MR) is 61.3 cm³/mol.